The van der Waals surface area contributed by atoms with E-state index in [2.05, 4.69) is 37.3 Å². The van der Waals surface area contributed by atoms with Crippen LogP contribution in [0.15, 0.2) is 30.3 Å². The van der Waals surface area contributed by atoms with E-state index in [1.165, 1.54) is 37.7 Å². The highest BCUT2D eigenvalue weighted by molar-refractivity contribution is 5.30. The van der Waals surface area contributed by atoms with Crippen LogP contribution in [0.5, 0.6) is 0 Å². The second-order valence-corrected chi connectivity index (χ2v) is 4.38. The Balaban J connectivity index is 2.03. The van der Waals surface area contributed by atoms with Crippen LogP contribution in [0.4, 0.5) is 0 Å². The Kier molecular flexibility index (Phi) is 3.13. The SMILES string of the molecule is C[C+](c1ccccc1)C1CCCCC1. The molecule has 0 aliphatic heterocycles. The quantitative estimate of drug-likeness (QED) is 0.608. The van der Waals surface area contributed by atoms with Crippen molar-refractivity contribution in [1.29, 1.82) is 0 Å². The van der Waals surface area contributed by atoms with E-state index in [0.29, 0.717) is 0 Å². The lowest BCUT2D eigenvalue weighted by molar-refractivity contribution is 0.378. The van der Waals surface area contributed by atoms with Crippen LogP contribution in [0, 0.1) is 11.8 Å². The average Bonchev–Trinajstić information content (AvgIpc) is 2.30. The smallest absolute Gasteiger partial charge is 0.0532 e. The fourth-order valence-corrected chi connectivity index (χ4v) is 2.47. The van der Waals surface area contributed by atoms with E-state index in [-0.39, 0.29) is 0 Å². The van der Waals surface area contributed by atoms with Crippen molar-refractivity contribution in [2.45, 2.75) is 39.0 Å². The lowest BCUT2D eigenvalue weighted by Crippen LogP contribution is -2.14. The van der Waals surface area contributed by atoms with Crippen LogP contribution >= 0.6 is 0 Å². The van der Waals surface area contributed by atoms with Gasteiger partial charge < -0.3 is 0 Å². The van der Waals surface area contributed by atoms with Gasteiger partial charge in [0.05, 0.1) is 0 Å². The van der Waals surface area contributed by atoms with Gasteiger partial charge in [-0.25, -0.2) is 0 Å². The Hall–Kier alpha value is -0.910. The van der Waals surface area contributed by atoms with Crippen molar-refractivity contribution in [2.24, 2.45) is 5.92 Å². The second-order valence-electron chi connectivity index (χ2n) is 4.38. The molecule has 74 valence electrons. The molecule has 1 aliphatic carbocycles. The zero-order valence-electron chi connectivity index (χ0n) is 9.00. The standard InChI is InChI=1S/C14H19/c1-12(13-8-4-2-5-9-13)14-10-6-3-7-11-14/h2,4-5,8-9,14H,3,6-7,10-11H2,1H3/q+1. The molecule has 0 spiro atoms. The first-order chi connectivity index (χ1) is 6.88. The van der Waals surface area contributed by atoms with E-state index in [1.807, 2.05) is 0 Å². The largest absolute Gasteiger partial charge is 0.132 e. The molecule has 0 atom stereocenters. The first-order valence-corrected chi connectivity index (χ1v) is 5.77. The predicted molar refractivity (Wildman–Crippen MR) is 61.0 cm³/mol. The van der Waals surface area contributed by atoms with E-state index >= 15 is 0 Å². The van der Waals surface area contributed by atoms with E-state index in [4.69, 9.17) is 0 Å². The van der Waals surface area contributed by atoms with Gasteiger partial charge in [0.25, 0.3) is 0 Å². The highest BCUT2D eigenvalue weighted by Gasteiger charge is 2.26. The third-order valence-electron chi connectivity index (χ3n) is 3.45. The molecule has 0 amide bonds. The van der Waals surface area contributed by atoms with Crippen molar-refractivity contribution < 1.29 is 0 Å². The molecule has 1 aromatic rings. The second kappa shape index (κ2) is 4.54. The third kappa shape index (κ3) is 2.12. The lowest BCUT2D eigenvalue weighted by atomic mass is 9.78. The third-order valence-corrected chi connectivity index (χ3v) is 3.45. The monoisotopic (exact) mass is 187 g/mol. The summed E-state index contributed by atoms with van der Waals surface area (Å²) in [5, 5.41) is 0. The van der Waals surface area contributed by atoms with Gasteiger partial charge in [-0.3, -0.25) is 0 Å². The highest BCUT2D eigenvalue weighted by Crippen LogP contribution is 2.34. The molecule has 0 saturated heterocycles. The van der Waals surface area contributed by atoms with Crippen molar-refractivity contribution in [2.75, 3.05) is 0 Å². The van der Waals surface area contributed by atoms with Gasteiger partial charge in [-0.2, -0.15) is 0 Å². The molecule has 0 N–H and O–H groups in total. The summed E-state index contributed by atoms with van der Waals surface area (Å²) >= 11 is 0. The molecule has 0 heteroatoms. The summed E-state index contributed by atoms with van der Waals surface area (Å²) in [4.78, 5) is 0. The fraction of sp³-hybridized carbons (Fsp3) is 0.500. The minimum absolute atomic E-state index is 0.853. The number of hydrogen-bond donors (Lipinski definition) is 0. The zero-order chi connectivity index (χ0) is 9.80. The van der Waals surface area contributed by atoms with Crippen LogP contribution in [0.25, 0.3) is 0 Å². The molecular weight excluding hydrogens is 168 g/mol. The lowest BCUT2D eigenvalue weighted by Gasteiger charge is -2.23. The first-order valence-electron chi connectivity index (χ1n) is 5.77. The summed E-state index contributed by atoms with van der Waals surface area (Å²) in [5.41, 5.74) is 1.44. The Morgan fingerprint density at radius 2 is 1.64 bits per heavy atom. The van der Waals surface area contributed by atoms with Gasteiger partial charge >= 0.3 is 0 Å². The molecule has 14 heavy (non-hydrogen) atoms. The van der Waals surface area contributed by atoms with Crippen molar-refractivity contribution in [3.8, 4) is 0 Å². The van der Waals surface area contributed by atoms with Gasteiger partial charge in [0.2, 0.25) is 0 Å². The van der Waals surface area contributed by atoms with Crippen molar-refractivity contribution in [3.05, 3.63) is 41.8 Å². The summed E-state index contributed by atoms with van der Waals surface area (Å²) in [6, 6.07) is 10.9. The maximum Gasteiger partial charge on any atom is 0.132 e. The molecule has 0 bridgehead atoms. The molecule has 0 heterocycles. The highest BCUT2D eigenvalue weighted by atomic mass is 14.3. The summed E-state index contributed by atoms with van der Waals surface area (Å²) in [6.07, 6.45) is 7.10. The maximum atomic E-state index is 2.31. The molecule has 1 fully saturated rings. The van der Waals surface area contributed by atoms with Gasteiger partial charge in [0.15, 0.2) is 0 Å². The van der Waals surface area contributed by atoms with Crippen LogP contribution in [0.2, 0.25) is 0 Å². The first kappa shape index (κ1) is 9.64. The van der Waals surface area contributed by atoms with Crippen LogP contribution < -0.4 is 0 Å². The van der Waals surface area contributed by atoms with Gasteiger partial charge in [-0.05, 0) is 31.0 Å². The van der Waals surface area contributed by atoms with Gasteiger partial charge in [0, 0.05) is 30.9 Å². The molecule has 0 aromatic heterocycles. The fourth-order valence-electron chi connectivity index (χ4n) is 2.47. The van der Waals surface area contributed by atoms with Crippen LogP contribution in [0.1, 0.15) is 44.6 Å². The van der Waals surface area contributed by atoms with Crippen molar-refractivity contribution in [3.63, 3.8) is 0 Å². The molecular formula is C14H19+. The predicted octanol–water partition coefficient (Wildman–Crippen LogP) is 4.21. The van der Waals surface area contributed by atoms with Gasteiger partial charge in [0.1, 0.15) is 5.56 Å². The molecule has 0 nitrogen and oxygen atoms in total. The van der Waals surface area contributed by atoms with E-state index < -0.39 is 0 Å². The molecule has 1 aromatic carbocycles. The Morgan fingerprint density at radius 1 is 1.00 bits per heavy atom. The number of rotatable bonds is 2. The summed E-state index contributed by atoms with van der Waals surface area (Å²) < 4.78 is 0. The zero-order valence-corrected chi connectivity index (χ0v) is 9.00. The molecule has 2 rings (SSSR count). The molecule has 0 unspecified atom stereocenters. The normalized spacial score (nSPS) is 18.1. The van der Waals surface area contributed by atoms with Crippen molar-refractivity contribution >= 4 is 0 Å². The maximum absolute atomic E-state index is 2.31. The Labute approximate surface area is 87.3 Å². The summed E-state index contributed by atoms with van der Waals surface area (Å²) in [5.74, 6) is 2.46. The Morgan fingerprint density at radius 3 is 2.29 bits per heavy atom. The van der Waals surface area contributed by atoms with Crippen LogP contribution in [0.3, 0.4) is 0 Å². The Bertz CT molecular complexity index is 257. The molecule has 1 aliphatic rings. The molecule has 0 radical (unpaired) electrons. The van der Waals surface area contributed by atoms with E-state index in [0.717, 1.165) is 5.92 Å². The summed E-state index contributed by atoms with van der Waals surface area (Å²) in [7, 11) is 0. The van der Waals surface area contributed by atoms with Crippen LogP contribution in [-0.2, 0) is 0 Å². The number of benzene rings is 1. The van der Waals surface area contributed by atoms with Gasteiger partial charge in [-0.15, -0.1) is 0 Å². The molecule has 1 saturated carbocycles. The van der Waals surface area contributed by atoms with Crippen molar-refractivity contribution in [1.82, 2.24) is 0 Å². The topological polar surface area (TPSA) is 0 Å². The van der Waals surface area contributed by atoms with Crippen LogP contribution in [-0.4, -0.2) is 0 Å². The minimum atomic E-state index is 0.853. The summed E-state index contributed by atoms with van der Waals surface area (Å²) in [6.45, 7) is 2.31. The number of hydrogen-bond acceptors (Lipinski definition) is 0. The van der Waals surface area contributed by atoms with Gasteiger partial charge in [-0.1, -0.05) is 19.3 Å². The minimum Gasteiger partial charge on any atom is -0.0532 e. The average molecular weight is 187 g/mol. The van der Waals surface area contributed by atoms with E-state index in [1.54, 1.807) is 5.92 Å². The van der Waals surface area contributed by atoms with E-state index in [9.17, 15) is 0 Å².